The van der Waals surface area contributed by atoms with E-state index in [9.17, 15) is 4.21 Å². The lowest BCUT2D eigenvalue weighted by Gasteiger charge is -2.12. The molecule has 0 aliphatic carbocycles. The van der Waals surface area contributed by atoms with Crippen LogP contribution in [0.3, 0.4) is 0 Å². The maximum absolute atomic E-state index is 11.5. The van der Waals surface area contributed by atoms with Crippen LogP contribution in [0.4, 0.5) is 0 Å². The molecule has 0 amide bonds. The van der Waals surface area contributed by atoms with E-state index in [0.717, 1.165) is 11.3 Å². The van der Waals surface area contributed by atoms with Crippen molar-refractivity contribution in [3.8, 4) is 0 Å². The number of hydrogen-bond acceptors (Lipinski definition) is 3. The molecule has 5 heteroatoms. The third-order valence-electron chi connectivity index (χ3n) is 1.60. The zero-order valence-electron chi connectivity index (χ0n) is 8.77. The van der Waals surface area contributed by atoms with Crippen molar-refractivity contribution >= 4 is 17.2 Å². The van der Waals surface area contributed by atoms with Gasteiger partial charge in [0.2, 0.25) is 0 Å². The Hall–Kier alpha value is -0.970. The van der Waals surface area contributed by atoms with Gasteiger partial charge in [0.15, 0.2) is 0 Å². The van der Waals surface area contributed by atoms with Gasteiger partial charge in [-0.1, -0.05) is 5.16 Å². The minimum absolute atomic E-state index is 0.332. The highest BCUT2D eigenvalue weighted by atomic mass is 32.2. The van der Waals surface area contributed by atoms with Crippen LogP contribution in [-0.4, -0.2) is 20.3 Å². The molecule has 0 saturated heterocycles. The van der Waals surface area contributed by atoms with E-state index in [1.165, 1.54) is 12.5 Å². The van der Waals surface area contributed by atoms with Crippen molar-refractivity contribution in [1.82, 2.24) is 5.16 Å². The summed E-state index contributed by atoms with van der Waals surface area (Å²) in [6.07, 6.45) is 3.02. The Labute approximate surface area is 86.0 Å². The molecule has 1 heterocycles. The molecule has 0 aromatic carbocycles. The summed E-state index contributed by atoms with van der Waals surface area (Å²) in [7, 11) is -1.23. The minimum atomic E-state index is -1.23. The van der Waals surface area contributed by atoms with Gasteiger partial charge in [-0.15, -0.1) is 0 Å². The zero-order valence-corrected chi connectivity index (χ0v) is 9.59. The lowest BCUT2D eigenvalue weighted by Crippen LogP contribution is -2.19. The fourth-order valence-corrected chi connectivity index (χ4v) is 1.21. The summed E-state index contributed by atoms with van der Waals surface area (Å²) in [5, 5.41) is 3.69. The molecule has 0 saturated carbocycles. The first-order chi connectivity index (χ1) is 6.41. The molecule has 14 heavy (non-hydrogen) atoms. The first-order valence-corrected chi connectivity index (χ1v) is 5.39. The quantitative estimate of drug-likeness (QED) is 0.706. The first-order valence-electron chi connectivity index (χ1n) is 4.28. The van der Waals surface area contributed by atoms with Crippen molar-refractivity contribution in [2.45, 2.75) is 32.4 Å². The van der Waals surface area contributed by atoms with Crippen LogP contribution >= 0.6 is 0 Å². The van der Waals surface area contributed by atoms with Gasteiger partial charge < -0.3 is 4.52 Å². The highest BCUT2D eigenvalue weighted by molar-refractivity contribution is 7.85. The van der Waals surface area contributed by atoms with Crippen LogP contribution < -0.4 is 0 Å². The molecule has 0 radical (unpaired) electrons. The fraction of sp³-hybridized carbons (Fsp3) is 0.556. The molecule has 1 rings (SSSR count). The molecule has 0 unspecified atom stereocenters. The Bertz CT molecular complexity index is 363. The maximum atomic E-state index is 11.5. The second-order valence-corrected chi connectivity index (χ2v) is 5.89. The van der Waals surface area contributed by atoms with Gasteiger partial charge >= 0.3 is 0 Å². The molecule has 0 N–H and O–H groups in total. The third-order valence-corrected chi connectivity index (χ3v) is 2.94. The Morgan fingerprint density at radius 3 is 2.64 bits per heavy atom. The highest BCUT2D eigenvalue weighted by Gasteiger charge is 2.18. The standard InChI is InChI=1S/C9H14N2O2S/c1-7-8(6-13-11-7)5-10-14(12)9(2,3)4/h5-6H,1-4H3/b10-5+/t14-/m1/s1. The van der Waals surface area contributed by atoms with Crippen molar-refractivity contribution in [3.05, 3.63) is 17.5 Å². The Morgan fingerprint density at radius 2 is 2.21 bits per heavy atom. The molecular formula is C9H14N2O2S. The number of rotatable bonds is 2. The number of hydrogen-bond donors (Lipinski definition) is 0. The van der Waals surface area contributed by atoms with Crippen LogP contribution in [0.1, 0.15) is 32.0 Å². The fourth-order valence-electron chi connectivity index (χ4n) is 0.687. The molecular weight excluding hydrogens is 200 g/mol. The molecule has 4 nitrogen and oxygen atoms in total. The number of aromatic nitrogens is 1. The Kier molecular flexibility index (Phi) is 3.21. The van der Waals surface area contributed by atoms with Crippen molar-refractivity contribution in [1.29, 1.82) is 0 Å². The molecule has 1 atom stereocenters. The summed E-state index contributed by atoms with van der Waals surface area (Å²) in [5.41, 5.74) is 1.52. The summed E-state index contributed by atoms with van der Waals surface area (Å²) in [6.45, 7) is 7.44. The van der Waals surface area contributed by atoms with Crippen LogP contribution in [-0.2, 0) is 11.0 Å². The second-order valence-electron chi connectivity index (χ2n) is 3.95. The van der Waals surface area contributed by atoms with Gasteiger partial charge in [0.1, 0.15) is 17.2 Å². The van der Waals surface area contributed by atoms with Gasteiger partial charge in [-0.3, -0.25) is 0 Å². The Morgan fingerprint density at radius 1 is 1.57 bits per heavy atom. The molecule has 0 fully saturated rings. The predicted octanol–water partition coefficient (Wildman–Crippen LogP) is 1.86. The summed E-state index contributed by atoms with van der Waals surface area (Å²) in [5.74, 6) is 0. The van der Waals surface area contributed by atoms with E-state index in [-0.39, 0.29) is 4.75 Å². The molecule has 1 aromatic rings. The molecule has 1 aromatic heterocycles. The largest absolute Gasteiger partial charge is 0.364 e. The maximum Gasteiger partial charge on any atom is 0.144 e. The smallest absolute Gasteiger partial charge is 0.144 e. The lowest BCUT2D eigenvalue weighted by atomic mass is 10.3. The molecule has 0 spiro atoms. The van der Waals surface area contributed by atoms with Gasteiger partial charge in [-0.25, -0.2) is 4.21 Å². The first kappa shape index (κ1) is 11.1. The van der Waals surface area contributed by atoms with E-state index in [4.69, 9.17) is 4.52 Å². The van der Waals surface area contributed by atoms with Crippen molar-refractivity contribution < 1.29 is 8.73 Å². The summed E-state index contributed by atoms with van der Waals surface area (Å²) >= 11 is 0. The van der Waals surface area contributed by atoms with Crippen molar-refractivity contribution in [2.24, 2.45) is 4.40 Å². The van der Waals surface area contributed by atoms with Gasteiger partial charge in [0.25, 0.3) is 0 Å². The summed E-state index contributed by atoms with van der Waals surface area (Å²) < 4.78 is 19.9. The van der Waals surface area contributed by atoms with Crippen LogP contribution in [0.15, 0.2) is 15.2 Å². The van der Waals surface area contributed by atoms with Gasteiger partial charge in [-0.2, -0.15) is 4.40 Å². The van der Waals surface area contributed by atoms with Crippen LogP contribution in [0, 0.1) is 6.92 Å². The normalized spacial score (nSPS) is 14.9. The van der Waals surface area contributed by atoms with Crippen LogP contribution in [0.2, 0.25) is 0 Å². The third kappa shape index (κ3) is 2.77. The average Bonchev–Trinajstić information content (AvgIpc) is 2.45. The highest BCUT2D eigenvalue weighted by Crippen LogP contribution is 2.12. The van der Waals surface area contributed by atoms with Crippen LogP contribution in [0.5, 0.6) is 0 Å². The predicted molar refractivity (Wildman–Crippen MR) is 56.7 cm³/mol. The number of nitrogens with zero attached hydrogens (tertiary/aromatic N) is 2. The second kappa shape index (κ2) is 4.04. The van der Waals surface area contributed by atoms with Crippen LogP contribution in [0.25, 0.3) is 0 Å². The van der Waals surface area contributed by atoms with E-state index in [0.29, 0.717) is 0 Å². The SMILES string of the molecule is Cc1nocc1/C=N/[S@](=O)C(C)(C)C. The van der Waals surface area contributed by atoms with E-state index in [1.54, 1.807) is 0 Å². The molecule has 78 valence electrons. The number of aryl methyl sites for hydroxylation is 1. The topological polar surface area (TPSA) is 55.5 Å². The average molecular weight is 214 g/mol. The molecule has 0 bridgehead atoms. The van der Waals surface area contributed by atoms with Gasteiger partial charge in [0.05, 0.1) is 22.2 Å². The van der Waals surface area contributed by atoms with E-state index in [2.05, 4.69) is 9.55 Å². The summed E-state index contributed by atoms with van der Waals surface area (Å²) in [6, 6.07) is 0. The molecule has 0 aliphatic heterocycles. The minimum Gasteiger partial charge on any atom is -0.364 e. The van der Waals surface area contributed by atoms with Crippen molar-refractivity contribution in [2.75, 3.05) is 0 Å². The van der Waals surface area contributed by atoms with E-state index in [1.807, 2.05) is 27.7 Å². The lowest BCUT2D eigenvalue weighted by molar-refractivity contribution is 0.415. The van der Waals surface area contributed by atoms with Crippen molar-refractivity contribution in [3.63, 3.8) is 0 Å². The monoisotopic (exact) mass is 214 g/mol. The zero-order chi connectivity index (χ0) is 10.8. The van der Waals surface area contributed by atoms with E-state index < -0.39 is 11.0 Å². The van der Waals surface area contributed by atoms with Gasteiger partial charge in [-0.05, 0) is 27.7 Å². The van der Waals surface area contributed by atoms with Gasteiger partial charge in [0, 0.05) is 0 Å². The van der Waals surface area contributed by atoms with E-state index >= 15 is 0 Å². The Balaban J connectivity index is 2.75. The molecule has 0 aliphatic rings. The summed E-state index contributed by atoms with van der Waals surface area (Å²) in [4.78, 5) is 0.